The highest BCUT2D eigenvalue weighted by Gasteiger charge is 2.40. The van der Waals surface area contributed by atoms with Crippen LogP contribution in [0, 0.1) is 5.92 Å². The Bertz CT molecular complexity index is 265. The van der Waals surface area contributed by atoms with Crippen LogP contribution in [0.4, 0.5) is 0 Å². The molecule has 0 unspecified atom stereocenters. The Labute approximate surface area is 112 Å². The average Bonchev–Trinajstić information content (AvgIpc) is 2.28. The molecule has 1 fully saturated rings. The molecule has 1 saturated heterocycles. The van der Waals surface area contributed by atoms with Gasteiger partial charge in [-0.3, -0.25) is 0 Å². The normalized spacial score (nSPS) is 20.7. The third-order valence-electron chi connectivity index (χ3n) is 4.37. The maximum Gasteiger partial charge on any atom is 0.192 e. The second-order valence-corrected chi connectivity index (χ2v) is 11.5. The van der Waals surface area contributed by atoms with E-state index >= 15 is 0 Å². The van der Waals surface area contributed by atoms with Gasteiger partial charge in [-0.25, -0.2) is 0 Å². The number of rotatable bonds is 5. The van der Waals surface area contributed by atoms with E-state index in [1.807, 2.05) is 0 Å². The molecule has 1 rings (SSSR count). The molecule has 0 amide bonds. The molecule has 106 valence electrons. The summed E-state index contributed by atoms with van der Waals surface area (Å²) < 4.78 is 11.8. The summed E-state index contributed by atoms with van der Waals surface area (Å²) in [5, 5.41) is 0.194. The van der Waals surface area contributed by atoms with Crippen molar-refractivity contribution in [3.63, 3.8) is 0 Å². The second kappa shape index (κ2) is 6.31. The number of aldehydes is 1. The zero-order valence-corrected chi connectivity index (χ0v) is 13.5. The first kappa shape index (κ1) is 15.9. The second-order valence-electron chi connectivity index (χ2n) is 6.77. The lowest BCUT2D eigenvalue weighted by Gasteiger charge is -2.41. The molecular formula is C14H28O3Si. The van der Waals surface area contributed by atoms with Crippen molar-refractivity contribution in [2.75, 3.05) is 13.2 Å². The van der Waals surface area contributed by atoms with E-state index in [2.05, 4.69) is 33.9 Å². The molecule has 0 spiro atoms. The predicted molar refractivity (Wildman–Crippen MR) is 76.3 cm³/mol. The number of hydrogen-bond donors (Lipinski definition) is 0. The summed E-state index contributed by atoms with van der Waals surface area (Å²) in [5.74, 6) is 0.484. The lowest BCUT2D eigenvalue weighted by Crippen LogP contribution is -2.46. The number of hydrogen-bond acceptors (Lipinski definition) is 3. The number of ether oxygens (including phenoxy) is 1. The quantitative estimate of drug-likeness (QED) is 0.568. The van der Waals surface area contributed by atoms with Crippen molar-refractivity contribution in [2.24, 2.45) is 5.92 Å². The Morgan fingerprint density at radius 3 is 2.33 bits per heavy atom. The fraction of sp³-hybridized carbons (Fsp3) is 0.929. The fourth-order valence-corrected chi connectivity index (χ4v) is 3.47. The minimum absolute atomic E-state index is 0.0901. The van der Waals surface area contributed by atoms with E-state index in [0.29, 0.717) is 12.3 Å². The number of carbonyl (C=O) groups is 1. The maximum absolute atomic E-state index is 10.9. The lowest BCUT2D eigenvalue weighted by atomic mass is 9.92. The summed E-state index contributed by atoms with van der Waals surface area (Å²) in [5.41, 5.74) is 0. The lowest BCUT2D eigenvalue weighted by molar-refractivity contribution is -0.110. The summed E-state index contributed by atoms with van der Waals surface area (Å²) in [6.07, 6.45) is 3.66. The Hall–Kier alpha value is -0.193. The van der Waals surface area contributed by atoms with Crippen LogP contribution < -0.4 is 0 Å². The van der Waals surface area contributed by atoms with Crippen LogP contribution in [0.5, 0.6) is 0 Å². The molecule has 1 aliphatic heterocycles. The van der Waals surface area contributed by atoms with Gasteiger partial charge in [0.2, 0.25) is 0 Å². The van der Waals surface area contributed by atoms with Crippen molar-refractivity contribution >= 4 is 14.6 Å². The molecule has 1 heterocycles. The molecule has 0 aromatic rings. The largest absolute Gasteiger partial charge is 0.413 e. The van der Waals surface area contributed by atoms with Crippen LogP contribution in [-0.2, 0) is 14.0 Å². The summed E-state index contributed by atoms with van der Waals surface area (Å²) >= 11 is 0. The number of carbonyl (C=O) groups excluding carboxylic acids is 1. The van der Waals surface area contributed by atoms with E-state index < -0.39 is 8.32 Å². The molecule has 0 bridgehead atoms. The Morgan fingerprint density at radius 1 is 1.33 bits per heavy atom. The minimum atomic E-state index is -1.79. The first-order chi connectivity index (χ1) is 8.28. The fourth-order valence-electron chi connectivity index (χ4n) is 2.07. The zero-order chi connectivity index (χ0) is 13.8. The Morgan fingerprint density at radius 2 is 1.89 bits per heavy atom. The summed E-state index contributed by atoms with van der Waals surface area (Å²) in [4.78, 5) is 10.9. The van der Waals surface area contributed by atoms with Crippen LogP contribution in [0.25, 0.3) is 0 Å². The molecule has 3 nitrogen and oxygen atoms in total. The highest BCUT2D eigenvalue weighted by atomic mass is 28.4. The van der Waals surface area contributed by atoms with Crippen molar-refractivity contribution in [1.29, 1.82) is 0 Å². The molecular weight excluding hydrogens is 244 g/mol. The van der Waals surface area contributed by atoms with Crippen molar-refractivity contribution in [3.8, 4) is 0 Å². The van der Waals surface area contributed by atoms with E-state index in [1.54, 1.807) is 0 Å². The first-order valence-electron chi connectivity index (χ1n) is 6.97. The molecule has 18 heavy (non-hydrogen) atoms. The Balaban J connectivity index is 2.70. The van der Waals surface area contributed by atoms with E-state index in [1.165, 1.54) is 0 Å². The predicted octanol–water partition coefficient (Wildman–Crippen LogP) is 3.39. The molecule has 0 aliphatic carbocycles. The van der Waals surface area contributed by atoms with E-state index in [0.717, 1.165) is 32.3 Å². The third-order valence-corrected chi connectivity index (χ3v) is 8.88. The van der Waals surface area contributed by atoms with Gasteiger partial charge in [-0.1, -0.05) is 20.8 Å². The van der Waals surface area contributed by atoms with Gasteiger partial charge >= 0.3 is 0 Å². The van der Waals surface area contributed by atoms with Crippen molar-refractivity contribution in [2.45, 2.75) is 64.3 Å². The smallest absolute Gasteiger partial charge is 0.192 e. The maximum atomic E-state index is 10.9. The highest BCUT2D eigenvalue weighted by molar-refractivity contribution is 6.74. The minimum Gasteiger partial charge on any atom is -0.413 e. The van der Waals surface area contributed by atoms with Gasteiger partial charge in [0, 0.05) is 19.6 Å². The van der Waals surface area contributed by atoms with Crippen LogP contribution in [-0.4, -0.2) is 33.9 Å². The molecule has 0 radical (unpaired) electrons. The van der Waals surface area contributed by atoms with E-state index in [9.17, 15) is 4.79 Å². The monoisotopic (exact) mass is 272 g/mol. The summed E-state index contributed by atoms with van der Waals surface area (Å²) in [6.45, 7) is 12.8. The molecule has 0 saturated carbocycles. The summed E-state index contributed by atoms with van der Waals surface area (Å²) in [6, 6.07) is 0. The molecule has 4 heteroatoms. The van der Waals surface area contributed by atoms with E-state index in [4.69, 9.17) is 9.16 Å². The Kier molecular flexibility index (Phi) is 5.56. The van der Waals surface area contributed by atoms with Crippen LogP contribution in [0.3, 0.4) is 0 Å². The van der Waals surface area contributed by atoms with Gasteiger partial charge in [-0.2, -0.15) is 0 Å². The van der Waals surface area contributed by atoms with Crippen LogP contribution in [0.2, 0.25) is 18.1 Å². The van der Waals surface area contributed by atoms with Crippen molar-refractivity contribution in [1.82, 2.24) is 0 Å². The highest BCUT2D eigenvalue weighted by Crippen LogP contribution is 2.39. The van der Waals surface area contributed by atoms with Crippen molar-refractivity contribution in [3.05, 3.63) is 0 Å². The van der Waals surface area contributed by atoms with Crippen LogP contribution in [0.15, 0.2) is 0 Å². The average molecular weight is 272 g/mol. The standard InChI is InChI=1S/C14H28O3Si/c1-14(2,3)18(4,5)17-13(6-9-15)12-7-10-16-11-8-12/h9,12-13H,6-8,10-11H2,1-5H3/t13-/m0/s1. The van der Waals surface area contributed by atoms with Gasteiger partial charge in [-0.05, 0) is 36.9 Å². The molecule has 1 aliphatic rings. The third kappa shape index (κ3) is 4.18. The van der Waals surface area contributed by atoms with Gasteiger partial charge in [0.05, 0.1) is 6.10 Å². The molecule has 0 N–H and O–H groups in total. The first-order valence-corrected chi connectivity index (χ1v) is 9.88. The van der Waals surface area contributed by atoms with Crippen LogP contribution in [0.1, 0.15) is 40.0 Å². The van der Waals surface area contributed by atoms with Gasteiger partial charge in [0.15, 0.2) is 8.32 Å². The zero-order valence-electron chi connectivity index (χ0n) is 12.5. The van der Waals surface area contributed by atoms with Gasteiger partial charge in [0.25, 0.3) is 0 Å². The summed E-state index contributed by atoms with van der Waals surface area (Å²) in [7, 11) is -1.79. The molecule has 0 aromatic heterocycles. The molecule has 1 atom stereocenters. The van der Waals surface area contributed by atoms with Crippen LogP contribution >= 0.6 is 0 Å². The van der Waals surface area contributed by atoms with Gasteiger partial charge in [0.1, 0.15) is 6.29 Å². The molecule has 0 aromatic carbocycles. The van der Waals surface area contributed by atoms with Gasteiger partial charge in [-0.15, -0.1) is 0 Å². The van der Waals surface area contributed by atoms with Crippen molar-refractivity contribution < 1.29 is 14.0 Å². The van der Waals surface area contributed by atoms with Gasteiger partial charge < -0.3 is 14.0 Å². The van der Waals surface area contributed by atoms with E-state index in [-0.39, 0.29) is 11.1 Å². The SMILES string of the molecule is CC(C)(C)[Si](C)(C)O[C@@H](CC=O)C1CCOCC1. The topological polar surface area (TPSA) is 35.5 Å².